The molecule has 0 saturated carbocycles. The fourth-order valence-electron chi connectivity index (χ4n) is 10.6. The second-order valence-corrected chi connectivity index (χ2v) is 28.8. The topological polar surface area (TPSA) is 340 Å². The second kappa shape index (κ2) is 37.2. The van der Waals surface area contributed by atoms with Crippen molar-refractivity contribution in [1.82, 2.24) is 0 Å². The molecule has 12 aromatic rings. The molecule has 0 aliphatic carbocycles. The minimum atomic E-state index is -1.15. The van der Waals surface area contributed by atoms with Gasteiger partial charge in [0.25, 0.3) is 0 Å². The number of ether oxygens (including phenoxy) is 9. The number of benzene rings is 8. The Labute approximate surface area is 643 Å². The summed E-state index contributed by atoms with van der Waals surface area (Å²) in [5.41, 5.74) is 4.51. The normalized spacial score (nSPS) is 10.4. The maximum Gasteiger partial charge on any atom is 0.369 e. The van der Waals surface area contributed by atoms with Crippen molar-refractivity contribution in [3.8, 4) is 114 Å². The first kappa shape index (κ1) is 86.1. The fraction of sp³-hybridized carbons (Fsp3) is 0.200. The number of rotatable bonds is 16. The van der Waals surface area contributed by atoms with Crippen molar-refractivity contribution < 1.29 is 98.1 Å². The summed E-state index contributed by atoms with van der Waals surface area (Å²) < 4.78 is 128. The molecule has 0 spiro atoms. The van der Waals surface area contributed by atoms with Crippen LogP contribution in [0.25, 0.3) is 89.2 Å². The largest absolute Gasteiger partial charge is 0.506 e. The summed E-state index contributed by atoms with van der Waals surface area (Å²) >= 11 is 9.31. The van der Waals surface area contributed by atoms with Gasteiger partial charge >= 0.3 is 8.87 Å². The Morgan fingerprint density at radius 1 is 0.404 bits per heavy atom. The first-order valence-electron chi connectivity index (χ1n) is 30.8. The van der Waals surface area contributed by atoms with E-state index >= 15 is 0 Å². The SMILES string of the molecule is BrB(Br)Br.C.C.CN(C)c1ccc(-c2oc3c(O)c(O)ccc3c(=O)c2F)cc1O.COc1cc(-c2oc3c(OC)c(OC)ccc3c(=O)c2F)ccc1N.COc1cc(-c2oc3c(OC)c(OC)ccc3c(=O)c2F)ccc1N(C)C.COc1cc(-c2oc3c(OC)c(OC)ccc3c(=O)c2F)ccc1[N+](=O)[O-]. The number of phenolic OH excluding ortho intramolecular Hbond substituents is 3. The number of nitrogens with zero attached hydrogens (tertiary/aromatic N) is 3. The molecule has 8 aromatic carbocycles. The number of anilines is 3. The van der Waals surface area contributed by atoms with E-state index in [4.69, 9.17) is 66.0 Å². The van der Waals surface area contributed by atoms with Crippen LogP contribution in [0.3, 0.4) is 0 Å². The molecular weight excluding hydrogens is 1640 g/mol. The average molecular weight is 1710 g/mol. The van der Waals surface area contributed by atoms with Crippen LogP contribution < -0.4 is 79.9 Å². The number of halogens is 7. The summed E-state index contributed by atoms with van der Waals surface area (Å²) in [4.78, 5) is 63.5. The summed E-state index contributed by atoms with van der Waals surface area (Å²) in [7, 11) is 19.9. The number of methoxy groups -OCH3 is 9. The molecule has 34 heteroatoms. The number of nitro groups is 1. The molecule has 4 aromatic heterocycles. The minimum Gasteiger partial charge on any atom is -0.506 e. The van der Waals surface area contributed by atoms with E-state index in [0.717, 1.165) is 23.9 Å². The lowest BCUT2D eigenvalue weighted by molar-refractivity contribution is -0.385. The third kappa shape index (κ3) is 17.9. The third-order valence-corrected chi connectivity index (χ3v) is 15.8. The Morgan fingerprint density at radius 3 is 1.05 bits per heavy atom. The van der Waals surface area contributed by atoms with Crippen molar-refractivity contribution in [3.05, 3.63) is 196 Å². The average Bonchev–Trinajstić information content (AvgIpc) is 0.782. The highest BCUT2D eigenvalue weighted by atomic mass is 79.9. The van der Waals surface area contributed by atoms with E-state index in [-0.39, 0.29) is 119 Å². The lowest BCUT2D eigenvalue weighted by atomic mass is 10.1. The van der Waals surface area contributed by atoms with Crippen molar-refractivity contribution in [1.29, 1.82) is 0 Å². The molecule has 0 bridgehead atoms. The maximum absolute atomic E-state index is 14.8. The highest BCUT2D eigenvalue weighted by molar-refractivity contribution is 9.69. The van der Waals surface area contributed by atoms with Gasteiger partial charge in [-0.25, -0.2) is 0 Å². The van der Waals surface area contributed by atoms with Gasteiger partial charge in [-0.15, -0.1) is 47.3 Å². The predicted molar refractivity (Wildman–Crippen MR) is 421 cm³/mol. The molecule has 4 heterocycles. The van der Waals surface area contributed by atoms with E-state index < -0.39 is 72.9 Å². The van der Waals surface area contributed by atoms with Crippen LogP contribution in [-0.2, 0) is 0 Å². The van der Waals surface area contributed by atoms with Crippen LogP contribution in [0.1, 0.15) is 14.9 Å². The number of nitro benzene ring substituents is 1. The fourth-order valence-corrected chi connectivity index (χ4v) is 10.6. The Morgan fingerprint density at radius 2 is 0.706 bits per heavy atom. The van der Waals surface area contributed by atoms with Crippen molar-refractivity contribution in [2.75, 3.05) is 108 Å². The van der Waals surface area contributed by atoms with E-state index in [1.54, 1.807) is 43.3 Å². The molecule has 26 nitrogen and oxygen atoms in total. The zero-order chi connectivity index (χ0) is 78.7. The minimum absolute atomic E-state index is 0. The molecule has 0 aliphatic rings. The van der Waals surface area contributed by atoms with Gasteiger partial charge in [0.2, 0.25) is 68.0 Å². The second-order valence-electron chi connectivity index (χ2n) is 22.4. The van der Waals surface area contributed by atoms with Crippen molar-refractivity contribution in [2.24, 2.45) is 0 Å². The summed E-state index contributed by atoms with van der Waals surface area (Å²) in [6.45, 7) is 0. The Hall–Kier alpha value is -11.8. The zero-order valence-corrected chi connectivity index (χ0v) is 63.5. The summed E-state index contributed by atoms with van der Waals surface area (Å²) in [5.74, 6) is -4.42. The Balaban J connectivity index is 0.000000222. The lowest BCUT2D eigenvalue weighted by Crippen LogP contribution is -2.11. The number of fused-ring (bicyclic) bond motifs is 4. The quantitative estimate of drug-likeness (QED) is 0.0174. The molecule has 576 valence electrons. The lowest BCUT2D eigenvalue weighted by Gasteiger charge is -2.17. The van der Waals surface area contributed by atoms with Crippen molar-refractivity contribution in [3.63, 3.8) is 0 Å². The van der Waals surface area contributed by atoms with Crippen LogP contribution in [-0.4, -0.2) is 116 Å². The van der Waals surface area contributed by atoms with Gasteiger partial charge in [-0.2, -0.15) is 17.6 Å². The molecule has 0 fully saturated rings. The van der Waals surface area contributed by atoms with Crippen LogP contribution in [0.4, 0.5) is 40.3 Å². The number of hydrogen-bond acceptors (Lipinski definition) is 25. The van der Waals surface area contributed by atoms with Crippen LogP contribution in [0.2, 0.25) is 0 Å². The molecular formula is C75H72BBr3F4N4O22. The number of aromatic hydroxyl groups is 3. The number of nitrogens with two attached hydrogens (primary N) is 1. The molecule has 5 N–H and O–H groups in total. The highest BCUT2D eigenvalue weighted by Gasteiger charge is 2.28. The Kier molecular flexibility index (Phi) is 29.4. The monoisotopic (exact) mass is 1700 g/mol. The molecule has 0 amide bonds. The number of phenols is 3. The highest BCUT2D eigenvalue weighted by Crippen LogP contribution is 2.44. The molecule has 0 unspecified atom stereocenters. The molecule has 109 heavy (non-hydrogen) atoms. The zero-order valence-electron chi connectivity index (χ0n) is 58.8. The van der Waals surface area contributed by atoms with Gasteiger partial charge < -0.3 is 91.2 Å². The van der Waals surface area contributed by atoms with E-state index in [9.17, 15) is 62.2 Å². The first-order valence-corrected chi connectivity index (χ1v) is 33.5. The van der Waals surface area contributed by atoms with Crippen LogP contribution in [0, 0.1) is 33.4 Å². The molecule has 0 saturated heterocycles. The van der Waals surface area contributed by atoms with Gasteiger partial charge in [-0.1, -0.05) is 14.9 Å². The van der Waals surface area contributed by atoms with E-state index in [1.165, 1.54) is 143 Å². The van der Waals surface area contributed by atoms with Gasteiger partial charge in [0.05, 0.1) is 108 Å². The number of nitrogen functional groups attached to an aromatic ring is 1. The van der Waals surface area contributed by atoms with Gasteiger partial charge in [0.1, 0.15) is 17.2 Å². The van der Waals surface area contributed by atoms with E-state index in [1.807, 2.05) is 19.0 Å². The van der Waals surface area contributed by atoms with E-state index in [2.05, 4.69) is 47.3 Å². The maximum atomic E-state index is 14.8. The summed E-state index contributed by atoms with van der Waals surface area (Å²) in [6.07, 6.45) is 0. The van der Waals surface area contributed by atoms with Crippen molar-refractivity contribution >= 4 is 117 Å². The van der Waals surface area contributed by atoms with Gasteiger partial charge in [-0.3, -0.25) is 29.3 Å². The standard InChI is InChI=1S/C20H20FNO5.C18H14FNO7.C18H16FNO5.C17H14FNO5.2CH4.BBr3/c1-22(2)13-8-6-11(10-15(13)25-4)18-16(21)17(23)12-7-9-14(24-3)20(26-5)19(12)27-18;1-24-12-7-5-10-15(21)14(19)16(27-17(10)18(12)26-3)9-4-6-11(20(22)23)13(8-9)25-2;1-22-12-7-5-10-15(21)14(19)16(25-17(10)18(12)24-3)9-4-6-11(20)13(8-9)23-2;1-19(2)10-5-3-8(7-12(10)21)16-13(18)14(22)9-4-6-11(20)15(23)17(9)24-16;;;2-1(3)4/h6-10H,1-5H3;4-8H,1-3H3;4-8H,20H2,1-3H3;3-7,20-21,23H,1-2H3;2*1H4;. The van der Waals surface area contributed by atoms with Gasteiger partial charge in [-0.05, 0) is 115 Å². The molecule has 0 aliphatic heterocycles. The third-order valence-electron chi connectivity index (χ3n) is 15.8. The Bertz CT molecular complexity index is 5630. The summed E-state index contributed by atoms with van der Waals surface area (Å²) in [6, 6.07) is 28.5. The smallest absolute Gasteiger partial charge is 0.369 e. The molecule has 12 rings (SSSR count). The molecule has 0 atom stereocenters. The predicted octanol–water partition coefficient (Wildman–Crippen LogP) is 16.6. The van der Waals surface area contributed by atoms with Crippen LogP contribution in [0.15, 0.2) is 158 Å². The summed E-state index contributed by atoms with van der Waals surface area (Å²) in [5, 5.41) is 40.3. The van der Waals surface area contributed by atoms with E-state index in [0.29, 0.717) is 51.2 Å². The first-order chi connectivity index (χ1) is 50.9. The number of hydrogen-bond donors (Lipinski definition) is 4. The van der Waals surface area contributed by atoms with Crippen LogP contribution in [0.5, 0.6) is 69.0 Å². The van der Waals surface area contributed by atoms with Crippen molar-refractivity contribution in [2.45, 2.75) is 14.9 Å². The van der Waals surface area contributed by atoms with Gasteiger partial charge in [0.15, 0.2) is 74.1 Å². The van der Waals surface area contributed by atoms with Crippen LogP contribution >= 0.6 is 47.3 Å². The van der Waals surface area contributed by atoms with Gasteiger partial charge in [0, 0.05) is 56.5 Å². The molecule has 0 radical (unpaired) electrons.